The quantitative estimate of drug-likeness (QED) is 0.876. The van der Waals surface area contributed by atoms with Crippen LogP contribution in [0.1, 0.15) is 48.2 Å². The Morgan fingerprint density at radius 1 is 1.24 bits per heavy atom. The van der Waals surface area contributed by atoms with Crippen molar-refractivity contribution in [3.05, 3.63) is 35.3 Å². The van der Waals surface area contributed by atoms with Crippen LogP contribution >= 0.6 is 0 Å². The largest absolute Gasteiger partial charge is 0.480 e. The molecule has 2 N–H and O–H groups in total. The number of benzene rings is 1. The molecular weight excluding hydrogens is 323 g/mol. The van der Waals surface area contributed by atoms with Crippen LogP contribution in [0.5, 0.6) is 0 Å². The van der Waals surface area contributed by atoms with Crippen LogP contribution < -0.4 is 0 Å². The first-order valence-electron chi connectivity index (χ1n) is 8.80. The SMILES string of the molecule is Cc1cc(F)cc2[nH]c(C(=O)N3C(C(=O)O)CC4CCCCC43)cc12. The lowest BCUT2D eigenvalue weighted by atomic mass is 9.84. The lowest BCUT2D eigenvalue weighted by Gasteiger charge is -2.32. The molecule has 3 atom stereocenters. The van der Waals surface area contributed by atoms with Crippen LogP contribution in [0.25, 0.3) is 10.9 Å². The van der Waals surface area contributed by atoms with Crippen molar-refractivity contribution in [2.45, 2.75) is 51.1 Å². The fourth-order valence-corrected chi connectivity index (χ4v) is 4.60. The summed E-state index contributed by atoms with van der Waals surface area (Å²) in [7, 11) is 0. The second kappa shape index (κ2) is 5.86. The van der Waals surface area contributed by atoms with E-state index in [2.05, 4.69) is 4.98 Å². The average molecular weight is 344 g/mol. The molecule has 1 aromatic carbocycles. The second-order valence-corrected chi connectivity index (χ2v) is 7.28. The molecule has 2 aliphatic rings. The van der Waals surface area contributed by atoms with Gasteiger partial charge in [0.15, 0.2) is 0 Å². The number of rotatable bonds is 2. The molecule has 0 bridgehead atoms. The van der Waals surface area contributed by atoms with Crippen LogP contribution in [-0.4, -0.2) is 39.0 Å². The Morgan fingerprint density at radius 2 is 2.00 bits per heavy atom. The number of aryl methyl sites for hydroxylation is 1. The molecule has 1 saturated carbocycles. The highest BCUT2D eigenvalue weighted by Crippen LogP contribution is 2.40. The van der Waals surface area contributed by atoms with Crippen molar-refractivity contribution >= 4 is 22.8 Å². The summed E-state index contributed by atoms with van der Waals surface area (Å²) in [5.41, 5.74) is 1.64. The highest BCUT2D eigenvalue weighted by molar-refractivity contribution is 6.00. The average Bonchev–Trinajstić information content (AvgIpc) is 3.15. The Hall–Kier alpha value is -2.37. The molecule has 25 heavy (non-hydrogen) atoms. The van der Waals surface area contributed by atoms with Gasteiger partial charge in [0.2, 0.25) is 0 Å². The summed E-state index contributed by atoms with van der Waals surface area (Å²) < 4.78 is 13.6. The number of nitrogens with zero attached hydrogens (tertiary/aromatic N) is 1. The van der Waals surface area contributed by atoms with Crippen LogP contribution in [-0.2, 0) is 4.79 Å². The predicted molar refractivity (Wildman–Crippen MR) is 91.0 cm³/mol. The Kier molecular flexibility index (Phi) is 3.78. The first-order chi connectivity index (χ1) is 12.0. The smallest absolute Gasteiger partial charge is 0.326 e. The van der Waals surface area contributed by atoms with E-state index < -0.39 is 12.0 Å². The monoisotopic (exact) mass is 344 g/mol. The van der Waals surface area contributed by atoms with Crippen molar-refractivity contribution < 1.29 is 19.1 Å². The number of carbonyl (C=O) groups excluding carboxylic acids is 1. The van der Waals surface area contributed by atoms with Crippen LogP contribution in [0, 0.1) is 18.7 Å². The lowest BCUT2D eigenvalue weighted by Crippen LogP contribution is -2.46. The highest BCUT2D eigenvalue weighted by atomic mass is 19.1. The predicted octanol–water partition coefficient (Wildman–Crippen LogP) is 3.47. The van der Waals surface area contributed by atoms with Gasteiger partial charge < -0.3 is 15.0 Å². The lowest BCUT2D eigenvalue weighted by molar-refractivity contribution is -0.141. The van der Waals surface area contributed by atoms with Gasteiger partial charge in [0.25, 0.3) is 5.91 Å². The molecule has 5 nitrogen and oxygen atoms in total. The zero-order valence-electron chi connectivity index (χ0n) is 14.1. The Labute approximate surface area is 144 Å². The summed E-state index contributed by atoms with van der Waals surface area (Å²) in [5, 5.41) is 10.4. The van der Waals surface area contributed by atoms with Gasteiger partial charge >= 0.3 is 5.97 Å². The van der Waals surface area contributed by atoms with E-state index >= 15 is 0 Å². The Morgan fingerprint density at radius 3 is 2.76 bits per heavy atom. The van der Waals surface area contributed by atoms with Crippen molar-refractivity contribution in [3.63, 3.8) is 0 Å². The van der Waals surface area contributed by atoms with Crippen molar-refractivity contribution in [2.24, 2.45) is 5.92 Å². The van der Waals surface area contributed by atoms with E-state index in [0.29, 0.717) is 17.6 Å². The molecular formula is C19H21FN2O3. The summed E-state index contributed by atoms with van der Waals surface area (Å²) in [6.07, 6.45) is 4.48. The van der Waals surface area contributed by atoms with E-state index in [-0.39, 0.29) is 23.7 Å². The molecule has 1 amide bonds. The molecule has 1 saturated heterocycles. The van der Waals surface area contributed by atoms with E-state index in [0.717, 1.165) is 36.6 Å². The van der Waals surface area contributed by atoms with Gasteiger partial charge in [-0.1, -0.05) is 12.8 Å². The molecule has 4 rings (SSSR count). The zero-order valence-corrected chi connectivity index (χ0v) is 14.1. The van der Waals surface area contributed by atoms with Gasteiger partial charge in [0.05, 0.1) is 0 Å². The van der Waals surface area contributed by atoms with Crippen LogP contribution in [0.2, 0.25) is 0 Å². The standard InChI is InChI=1S/C19H21FN2O3/c1-10-6-12(20)8-14-13(10)9-15(21-14)18(23)22-16-5-3-2-4-11(16)7-17(22)19(24)25/h6,8-9,11,16-17,21H,2-5,7H2,1H3,(H,24,25). The van der Waals surface area contributed by atoms with Gasteiger partial charge in [-0.05, 0) is 55.9 Å². The third kappa shape index (κ3) is 2.60. The fourth-order valence-electron chi connectivity index (χ4n) is 4.60. The molecule has 2 heterocycles. The number of halogens is 1. The Balaban J connectivity index is 1.73. The number of fused-ring (bicyclic) bond motifs is 2. The minimum atomic E-state index is -0.943. The molecule has 2 aromatic rings. The number of aliphatic carboxylic acids is 1. The molecule has 132 valence electrons. The van der Waals surface area contributed by atoms with Crippen molar-refractivity contribution in [1.29, 1.82) is 0 Å². The summed E-state index contributed by atoms with van der Waals surface area (Å²) in [6.45, 7) is 1.79. The first-order valence-corrected chi connectivity index (χ1v) is 8.80. The van der Waals surface area contributed by atoms with Gasteiger partial charge in [-0.2, -0.15) is 0 Å². The van der Waals surface area contributed by atoms with Crippen LogP contribution in [0.3, 0.4) is 0 Å². The van der Waals surface area contributed by atoms with Gasteiger partial charge in [-0.15, -0.1) is 0 Å². The summed E-state index contributed by atoms with van der Waals surface area (Å²) in [5.74, 6) is -1.33. The summed E-state index contributed by atoms with van der Waals surface area (Å²) in [4.78, 5) is 29.4. The number of hydrogen-bond donors (Lipinski definition) is 2. The molecule has 3 unspecified atom stereocenters. The van der Waals surface area contributed by atoms with Crippen molar-refractivity contribution in [1.82, 2.24) is 9.88 Å². The number of carboxylic acid groups (broad SMARTS) is 1. The maximum absolute atomic E-state index is 13.6. The first kappa shape index (κ1) is 16.1. The number of aromatic amines is 1. The molecule has 6 heteroatoms. The van der Waals surface area contributed by atoms with E-state index in [1.165, 1.54) is 12.1 Å². The molecule has 0 radical (unpaired) electrons. The third-order valence-electron chi connectivity index (χ3n) is 5.75. The Bertz CT molecular complexity index is 860. The van der Waals surface area contributed by atoms with E-state index in [1.54, 1.807) is 17.9 Å². The summed E-state index contributed by atoms with van der Waals surface area (Å²) in [6, 6.07) is 3.72. The minimum absolute atomic E-state index is 0.00778. The number of carboxylic acids is 1. The van der Waals surface area contributed by atoms with Crippen molar-refractivity contribution in [3.8, 4) is 0 Å². The van der Waals surface area contributed by atoms with Gasteiger partial charge in [0.1, 0.15) is 17.6 Å². The third-order valence-corrected chi connectivity index (χ3v) is 5.75. The fraction of sp³-hybridized carbons (Fsp3) is 0.474. The molecule has 1 aliphatic carbocycles. The van der Waals surface area contributed by atoms with Crippen molar-refractivity contribution in [2.75, 3.05) is 0 Å². The normalized spacial score (nSPS) is 26.0. The minimum Gasteiger partial charge on any atom is -0.480 e. The number of amides is 1. The highest BCUT2D eigenvalue weighted by Gasteiger charge is 2.47. The maximum atomic E-state index is 13.6. The number of hydrogen-bond acceptors (Lipinski definition) is 2. The van der Waals surface area contributed by atoms with Crippen LogP contribution in [0.15, 0.2) is 18.2 Å². The topological polar surface area (TPSA) is 73.4 Å². The summed E-state index contributed by atoms with van der Waals surface area (Å²) >= 11 is 0. The zero-order chi connectivity index (χ0) is 17.7. The van der Waals surface area contributed by atoms with Gasteiger partial charge in [0, 0.05) is 16.9 Å². The number of H-pyrrole nitrogens is 1. The molecule has 2 fully saturated rings. The number of carbonyl (C=O) groups is 2. The van der Waals surface area contributed by atoms with E-state index in [4.69, 9.17) is 0 Å². The molecule has 1 aliphatic heterocycles. The van der Waals surface area contributed by atoms with Crippen LogP contribution in [0.4, 0.5) is 4.39 Å². The second-order valence-electron chi connectivity index (χ2n) is 7.28. The van der Waals surface area contributed by atoms with Gasteiger partial charge in [-0.3, -0.25) is 4.79 Å². The maximum Gasteiger partial charge on any atom is 0.326 e. The van der Waals surface area contributed by atoms with Gasteiger partial charge in [-0.25, -0.2) is 9.18 Å². The number of likely N-dealkylation sites (tertiary alicyclic amines) is 1. The number of aromatic nitrogens is 1. The van der Waals surface area contributed by atoms with E-state index in [1.807, 2.05) is 0 Å². The molecule has 1 aromatic heterocycles. The number of nitrogens with one attached hydrogen (secondary N) is 1. The molecule has 0 spiro atoms. The van der Waals surface area contributed by atoms with E-state index in [9.17, 15) is 19.1 Å².